The van der Waals surface area contributed by atoms with Crippen molar-refractivity contribution in [3.63, 3.8) is 0 Å². The zero-order valence-electron chi connectivity index (χ0n) is 13.5. The standard InChI is InChI=1S/C17H29ClN2/c1-6-12-19-16(14-10-9-11-15(18)13-14)17(4,5)20(7-2)8-3/h9-11,13,16,19H,6-8,12H2,1-5H3. The van der Waals surface area contributed by atoms with Gasteiger partial charge in [-0.05, 0) is 57.6 Å². The highest BCUT2D eigenvalue weighted by Crippen LogP contribution is 2.32. The Kier molecular flexibility index (Phi) is 7.01. The normalized spacial score (nSPS) is 13.8. The molecule has 0 aliphatic carbocycles. The number of nitrogens with zero attached hydrogens (tertiary/aromatic N) is 1. The number of halogens is 1. The van der Waals surface area contributed by atoms with Crippen LogP contribution in [-0.4, -0.2) is 30.1 Å². The van der Waals surface area contributed by atoms with Gasteiger partial charge in [0.25, 0.3) is 0 Å². The summed E-state index contributed by atoms with van der Waals surface area (Å²) >= 11 is 6.18. The second kappa shape index (κ2) is 8.02. The summed E-state index contributed by atoms with van der Waals surface area (Å²) in [5, 5.41) is 4.51. The molecule has 1 aromatic carbocycles. The third-order valence-electron chi connectivity index (χ3n) is 4.07. The van der Waals surface area contributed by atoms with E-state index in [4.69, 9.17) is 11.6 Å². The van der Waals surface area contributed by atoms with Gasteiger partial charge in [-0.1, -0.05) is 44.5 Å². The first-order chi connectivity index (χ1) is 9.47. The zero-order valence-corrected chi connectivity index (χ0v) is 14.3. The number of hydrogen-bond donors (Lipinski definition) is 1. The highest BCUT2D eigenvalue weighted by atomic mass is 35.5. The van der Waals surface area contributed by atoms with Gasteiger partial charge in [0.2, 0.25) is 0 Å². The minimum Gasteiger partial charge on any atom is -0.308 e. The van der Waals surface area contributed by atoms with Gasteiger partial charge in [0.15, 0.2) is 0 Å². The molecule has 0 saturated carbocycles. The van der Waals surface area contributed by atoms with Gasteiger partial charge < -0.3 is 5.32 Å². The van der Waals surface area contributed by atoms with E-state index in [2.05, 4.69) is 57.0 Å². The van der Waals surface area contributed by atoms with Gasteiger partial charge in [-0.25, -0.2) is 0 Å². The first-order valence-electron chi connectivity index (χ1n) is 7.71. The lowest BCUT2D eigenvalue weighted by Gasteiger charge is -2.44. The lowest BCUT2D eigenvalue weighted by molar-refractivity contribution is 0.0912. The average molecular weight is 297 g/mol. The lowest BCUT2D eigenvalue weighted by atomic mass is 9.86. The van der Waals surface area contributed by atoms with Crippen LogP contribution in [0.4, 0.5) is 0 Å². The fraction of sp³-hybridized carbons (Fsp3) is 0.647. The van der Waals surface area contributed by atoms with Crippen LogP contribution in [-0.2, 0) is 0 Å². The Bertz CT molecular complexity index is 400. The summed E-state index contributed by atoms with van der Waals surface area (Å²) < 4.78 is 0. The van der Waals surface area contributed by atoms with Gasteiger partial charge in [-0.15, -0.1) is 0 Å². The molecule has 2 nitrogen and oxygen atoms in total. The topological polar surface area (TPSA) is 15.3 Å². The van der Waals surface area contributed by atoms with E-state index >= 15 is 0 Å². The van der Waals surface area contributed by atoms with Gasteiger partial charge in [-0.2, -0.15) is 0 Å². The molecule has 114 valence electrons. The monoisotopic (exact) mass is 296 g/mol. The highest BCUT2D eigenvalue weighted by Gasteiger charge is 2.34. The first-order valence-corrected chi connectivity index (χ1v) is 8.09. The van der Waals surface area contributed by atoms with Crippen molar-refractivity contribution in [1.82, 2.24) is 10.2 Å². The molecule has 0 fully saturated rings. The molecule has 1 rings (SSSR count). The molecule has 3 heteroatoms. The minimum absolute atomic E-state index is 0.0450. The fourth-order valence-corrected chi connectivity index (χ4v) is 3.17. The van der Waals surface area contributed by atoms with Crippen LogP contribution in [0.3, 0.4) is 0 Å². The Morgan fingerprint density at radius 1 is 1.20 bits per heavy atom. The number of hydrogen-bond acceptors (Lipinski definition) is 2. The van der Waals surface area contributed by atoms with E-state index in [0.717, 1.165) is 31.1 Å². The van der Waals surface area contributed by atoms with Crippen LogP contribution in [0.5, 0.6) is 0 Å². The zero-order chi connectivity index (χ0) is 15.2. The van der Waals surface area contributed by atoms with Crippen LogP contribution in [0.2, 0.25) is 5.02 Å². The Hall–Kier alpha value is -0.570. The Balaban J connectivity index is 3.10. The van der Waals surface area contributed by atoms with Crippen molar-refractivity contribution in [3.05, 3.63) is 34.9 Å². The van der Waals surface area contributed by atoms with Crippen LogP contribution in [0, 0.1) is 0 Å². The van der Waals surface area contributed by atoms with E-state index in [1.165, 1.54) is 5.56 Å². The van der Waals surface area contributed by atoms with Crippen LogP contribution < -0.4 is 5.32 Å². The van der Waals surface area contributed by atoms with Gasteiger partial charge in [0.05, 0.1) is 6.04 Å². The smallest absolute Gasteiger partial charge is 0.0502 e. The molecular weight excluding hydrogens is 268 g/mol. The highest BCUT2D eigenvalue weighted by molar-refractivity contribution is 6.30. The van der Waals surface area contributed by atoms with E-state index in [1.54, 1.807) is 0 Å². The van der Waals surface area contributed by atoms with Crippen molar-refractivity contribution in [2.75, 3.05) is 19.6 Å². The molecule has 0 bridgehead atoms. The molecule has 0 radical (unpaired) electrons. The Labute approximate surface area is 129 Å². The Morgan fingerprint density at radius 2 is 1.85 bits per heavy atom. The van der Waals surface area contributed by atoms with Crippen molar-refractivity contribution in [1.29, 1.82) is 0 Å². The maximum absolute atomic E-state index is 6.18. The number of rotatable bonds is 8. The van der Waals surface area contributed by atoms with Gasteiger partial charge in [0, 0.05) is 10.6 Å². The summed E-state index contributed by atoms with van der Waals surface area (Å²) in [6.07, 6.45) is 1.13. The van der Waals surface area contributed by atoms with E-state index < -0.39 is 0 Å². The predicted molar refractivity (Wildman–Crippen MR) is 89.5 cm³/mol. The van der Waals surface area contributed by atoms with E-state index in [9.17, 15) is 0 Å². The third-order valence-corrected chi connectivity index (χ3v) is 4.30. The van der Waals surface area contributed by atoms with Gasteiger partial charge in [-0.3, -0.25) is 4.90 Å². The van der Waals surface area contributed by atoms with Crippen LogP contribution in [0.25, 0.3) is 0 Å². The minimum atomic E-state index is 0.0450. The summed E-state index contributed by atoms with van der Waals surface area (Å²) in [6.45, 7) is 14.4. The molecule has 1 N–H and O–H groups in total. The molecule has 0 saturated heterocycles. The predicted octanol–water partition coefficient (Wildman–Crippen LogP) is 4.50. The maximum Gasteiger partial charge on any atom is 0.0502 e. The molecule has 1 unspecified atom stereocenters. The second-order valence-electron chi connectivity index (χ2n) is 5.77. The molecule has 0 spiro atoms. The molecule has 0 aromatic heterocycles. The van der Waals surface area contributed by atoms with Crippen molar-refractivity contribution in [3.8, 4) is 0 Å². The van der Waals surface area contributed by atoms with Crippen molar-refractivity contribution < 1.29 is 0 Å². The largest absolute Gasteiger partial charge is 0.308 e. The summed E-state index contributed by atoms with van der Waals surface area (Å²) in [4.78, 5) is 2.50. The van der Waals surface area contributed by atoms with Crippen LogP contribution in [0.15, 0.2) is 24.3 Å². The number of likely N-dealkylation sites (N-methyl/N-ethyl adjacent to an activating group) is 1. The molecule has 20 heavy (non-hydrogen) atoms. The summed E-state index contributed by atoms with van der Waals surface area (Å²) in [5.74, 6) is 0. The maximum atomic E-state index is 6.18. The molecule has 1 atom stereocenters. The van der Waals surface area contributed by atoms with E-state index in [-0.39, 0.29) is 11.6 Å². The summed E-state index contributed by atoms with van der Waals surface area (Å²) in [5.41, 5.74) is 1.31. The molecule has 0 aliphatic rings. The van der Waals surface area contributed by atoms with Crippen molar-refractivity contribution >= 4 is 11.6 Å². The lowest BCUT2D eigenvalue weighted by Crippen LogP contribution is -2.52. The SMILES string of the molecule is CCCNC(c1cccc(Cl)c1)C(C)(C)N(CC)CC. The molecular formula is C17H29ClN2. The van der Waals surface area contributed by atoms with E-state index in [0.29, 0.717) is 0 Å². The van der Waals surface area contributed by atoms with Crippen molar-refractivity contribution in [2.24, 2.45) is 0 Å². The Morgan fingerprint density at radius 3 is 2.35 bits per heavy atom. The number of benzene rings is 1. The van der Waals surface area contributed by atoms with Gasteiger partial charge in [0.1, 0.15) is 0 Å². The molecule has 1 aromatic rings. The van der Waals surface area contributed by atoms with Gasteiger partial charge >= 0.3 is 0 Å². The first kappa shape index (κ1) is 17.5. The fourth-order valence-electron chi connectivity index (χ4n) is 2.97. The average Bonchev–Trinajstić information content (AvgIpc) is 2.40. The number of nitrogens with one attached hydrogen (secondary N) is 1. The van der Waals surface area contributed by atoms with Crippen molar-refractivity contribution in [2.45, 2.75) is 52.6 Å². The molecule has 0 aliphatic heterocycles. The summed E-state index contributed by atoms with van der Waals surface area (Å²) in [7, 11) is 0. The van der Waals surface area contributed by atoms with Crippen LogP contribution in [0.1, 0.15) is 52.6 Å². The van der Waals surface area contributed by atoms with Crippen LogP contribution >= 0.6 is 11.6 Å². The second-order valence-corrected chi connectivity index (χ2v) is 6.20. The molecule has 0 heterocycles. The molecule has 0 amide bonds. The third kappa shape index (κ3) is 4.21. The summed E-state index contributed by atoms with van der Waals surface area (Å²) in [6, 6.07) is 8.51. The quantitative estimate of drug-likeness (QED) is 0.760. The van der Waals surface area contributed by atoms with E-state index in [1.807, 2.05) is 12.1 Å².